The summed E-state index contributed by atoms with van der Waals surface area (Å²) in [6, 6.07) is 0. The molecule has 0 fully saturated rings. The Balaban J connectivity index is 2.51. The highest BCUT2D eigenvalue weighted by Gasteiger charge is 2.17. The van der Waals surface area contributed by atoms with Crippen LogP contribution in [0.1, 0.15) is 38.8 Å². The van der Waals surface area contributed by atoms with Crippen LogP contribution in [0.25, 0.3) is 0 Å². The van der Waals surface area contributed by atoms with E-state index in [1.165, 1.54) is 20.4 Å². The lowest BCUT2D eigenvalue weighted by atomic mass is 10.2. The maximum atomic E-state index is 11.6. The zero-order valence-corrected chi connectivity index (χ0v) is 14.5. The first-order valence-corrected chi connectivity index (χ1v) is 7.33. The molecule has 1 aromatic heterocycles. The molecule has 134 valence electrons. The molecule has 1 amide bonds. The Hall–Kier alpha value is -2.58. The number of hydrogen-bond donors (Lipinski definition) is 1. The molecule has 0 saturated heterocycles. The predicted molar refractivity (Wildman–Crippen MR) is 84.6 cm³/mol. The van der Waals surface area contributed by atoms with Crippen molar-refractivity contribution in [2.45, 2.75) is 39.3 Å². The van der Waals surface area contributed by atoms with Gasteiger partial charge in [-0.2, -0.15) is 0 Å². The van der Waals surface area contributed by atoms with Crippen LogP contribution >= 0.6 is 0 Å². The lowest BCUT2D eigenvalue weighted by Crippen LogP contribution is -2.32. The van der Waals surface area contributed by atoms with Crippen LogP contribution in [-0.4, -0.2) is 49.3 Å². The largest absolute Gasteiger partial charge is 0.476 e. The van der Waals surface area contributed by atoms with Gasteiger partial charge in [0.2, 0.25) is 11.8 Å². The fourth-order valence-electron chi connectivity index (χ4n) is 1.54. The summed E-state index contributed by atoms with van der Waals surface area (Å²) in [5.41, 5.74) is -0.218. The topological polar surface area (TPSA) is 112 Å². The van der Waals surface area contributed by atoms with Crippen LogP contribution in [-0.2, 0) is 25.5 Å². The molecule has 0 aliphatic heterocycles. The molecule has 0 aliphatic rings. The summed E-state index contributed by atoms with van der Waals surface area (Å²) >= 11 is 0. The Morgan fingerprint density at radius 1 is 1.38 bits per heavy atom. The lowest BCUT2D eigenvalue weighted by Gasteiger charge is -2.19. The van der Waals surface area contributed by atoms with E-state index in [9.17, 15) is 9.59 Å². The van der Waals surface area contributed by atoms with Crippen LogP contribution < -0.4 is 5.32 Å². The number of carbonyl (C=O) groups is 2. The molecular weight excluding hydrogens is 318 g/mol. The fourth-order valence-corrected chi connectivity index (χ4v) is 1.54. The second-order valence-corrected chi connectivity index (χ2v) is 5.69. The van der Waals surface area contributed by atoms with E-state index < -0.39 is 11.7 Å². The Bertz CT molecular complexity index is 588. The van der Waals surface area contributed by atoms with Gasteiger partial charge in [-0.15, -0.1) is 0 Å². The number of aliphatic imine (C=N–C) groups is 1. The maximum absolute atomic E-state index is 11.6. The van der Waals surface area contributed by atoms with E-state index in [0.717, 1.165) is 0 Å². The third kappa shape index (κ3) is 7.12. The Kier molecular flexibility index (Phi) is 7.22. The van der Waals surface area contributed by atoms with Gasteiger partial charge < -0.3 is 23.9 Å². The van der Waals surface area contributed by atoms with Gasteiger partial charge in [-0.05, 0) is 20.8 Å². The highest BCUT2D eigenvalue weighted by atomic mass is 16.6. The Morgan fingerprint density at radius 2 is 2.08 bits per heavy atom. The van der Waals surface area contributed by atoms with Gasteiger partial charge >= 0.3 is 12.1 Å². The van der Waals surface area contributed by atoms with Gasteiger partial charge in [0.25, 0.3) is 0 Å². The highest BCUT2D eigenvalue weighted by molar-refractivity contribution is 5.91. The molecule has 0 aromatic carbocycles. The smallest absolute Gasteiger partial charge is 0.408 e. The monoisotopic (exact) mass is 341 g/mol. The molecule has 0 saturated carbocycles. The second kappa shape index (κ2) is 8.90. The van der Waals surface area contributed by atoms with Crippen molar-refractivity contribution < 1.29 is 28.2 Å². The number of rotatable bonds is 6. The number of nitrogens with zero attached hydrogens (tertiary/aromatic N) is 2. The number of hydrogen-bond acceptors (Lipinski definition) is 8. The quantitative estimate of drug-likeness (QED) is 0.475. The van der Waals surface area contributed by atoms with Crippen molar-refractivity contribution in [3.8, 4) is 0 Å². The Morgan fingerprint density at radius 3 is 2.67 bits per heavy atom. The molecule has 1 N–H and O–H groups in total. The highest BCUT2D eigenvalue weighted by Crippen LogP contribution is 2.08. The van der Waals surface area contributed by atoms with Gasteiger partial charge in [0.05, 0.1) is 20.1 Å². The predicted octanol–water partition coefficient (Wildman–Crippen LogP) is 1.66. The van der Waals surface area contributed by atoms with Crippen molar-refractivity contribution in [2.24, 2.45) is 4.99 Å². The van der Waals surface area contributed by atoms with Gasteiger partial charge in [-0.1, -0.05) is 0 Å². The van der Waals surface area contributed by atoms with Crippen molar-refractivity contribution in [3.63, 3.8) is 0 Å². The van der Waals surface area contributed by atoms with Crippen LogP contribution in [0.4, 0.5) is 4.79 Å². The summed E-state index contributed by atoms with van der Waals surface area (Å²) in [4.78, 5) is 30.7. The number of methoxy groups -OCH3 is 1. The number of oxazole rings is 1. The zero-order valence-electron chi connectivity index (χ0n) is 14.5. The molecular formula is C15H23N3O6. The molecule has 1 heterocycles. The second-order valence-electron chi connectivity index (χ2n) is 5.69. The molecule has 0 bridgehead atoms. The standard InChI is InChI=1S/C15H23N3O6/c1-15(2,3)24-14(20)17-8-11-18-10(9-23-11)13(16-4)22-7-6-12(19)21-5/h9H,6-8H2,1-5H3,(H,17,20)/b16-13-. The molecule has 0 atom stereocenters. The van der Waals surface area contributed by atoms with Crippen LogP contribution in [0.15, 0.2) is 15.7 Å². The molecule has 0 spiro atoms. The number of aromatic nitrogens is 1. The zero-order chi connectivity index (χ0) is 18.2. The molecule has 24 heavy (non-hydrogen) atoms. The normalized spacial score (nSPS) is 11.8. The third-order valence-corrected chi connectivity index (χ3v) is 2.53. The van der Waals surface area contributed by atoms with Crippen molar-refractivity contribution >= 4 is 18.0 Å². The van der Waals surface area contributed by atoms with Gasteiger partial charge in [-0.3, -0.25) is 9.79 Å². The number of ether oxygens (including phenoxy) is 3. The average molecular weight is 341 g/mol. The maximum Gasteiger partial charge on any atom is 0.408 e. The minimum Gasteiger partial charge on any atom is -0.476 e. The third-order valence-electron chi connectivity index (χ3n) is 2.53. The molecule has 9 heteroatoms. The van der Waals surface area contributed by atoms with Gasteiger partial charge in [0.1, 0.15) is 18.5 Å². The summed E-state index contributed by atoms with van der Waals surface area (Å²) < 4.78 is 20.2. The van der Waals surface area contributed by atoms with E-state index in [1.54, 1.807) is 20.8 Å². The minimum absolute atomic E-state index is 0.0636. The summed E-state index contributed by atoms with van der Waals surface area (Å²) in [6.45, 7) is 5.48. The molecule has 1 aromatic rings. The van der Waals surface area contributed by atoms with Crippen LogP contribution in [0.2, 0.25) is 0 Å². The molecule has 0 unspecified atom stereocenters. The summed E-state index contributed by atoms with van der Waals surface area (Å²) in [5, 5.41) is 2.53. The Labute approximate surface area is 140 Å². The SMILES string of the molecule is C/N=C(\OCCC(=O)OC)c1coc(CNC(=O)OC(C)(C)C)n1. The molecule has 9 nitrogen and oxygen atoms in total. The van der Waals surface area contributed by atoms with Crippen LogP contribution in [0.3, 0.4) is 0 Å². The fraction of sp³-hybridized carbons (Fsp3) is 0.600. The van der Waals surface area contributed by atoms with E-state index in [0.29, 0.717) is 5.69 Å². The van der Waals surface area contributed by atoms with E-state index in [2.05, 4.69) is 20.0 Å². The first-order chi connectivity index (χ1) is 11.2. The van der Waals surface area contributed by atoms with Crippen LogP contribution in [0.5, 0.6) is 0 Å². The number of carbonyl (C=O) groups excluding carboxylic acids is 2. The summed E-state index contributed by atoms with van der Waals surface area (Å²) in [6.07, 6.45) is 0.883. The molecule has 0 aliphatic carbocycles. The summed E-state index contributed by atoms with van der Waals surface area (Å²) in [5.74, 6) is 0.118. The molecule has 1 rings (SSSR count). The number of nitrogens with one attached hydrogen (secondary N) is 1. The number of alkyl carbamates (subject to hydrolysis) is 1. The number of amides is 1. The average Bonchev–Trinajstić information content (AvgIpc) is 2.96. The van der Waals surface area contributed by atoms with E-state index >= 15 is 0 Å². The first-order valence-electron chi connectivity index (χ1n) is 7.33. The van der Waals surface area contributed by atoms with E-state index in [4.69, 9.17) is 13.9 Å². The lowest BCUT2D eigenvalue weighted by molar-refractivity contribution is -0.141. The van der Waals surface area contributed by atoms with Gasteiger partial charge in [0.15, 0.2) is 5.69 Å². The van der Waals surface area contributed by atoms with E-state index in [1.807, 2.05) is 0 Å². The number of esters is 1. The van der Waals surface area contributed by atoms with Crippen molar-refractivity contribution in [2.75, 3.05) is 20.8 Å². The molecule has 0 radical (unpaired) electrons. The minimum atomic E-state index is -0.582. The summed E-state index contributed by atoms with van der Waals surface area (Å²) in [7, 11) is 2.83. The van der Waals surface area contributed by atoms with Gasteiger partial charge in [0, 0.05) is 7.05 Å². The first kappa shape index (κ1) is 19.5. The van der Waals surface area contributed by atoms with E-state index in [-0.39, 0.29) is 37.3 Å². The van der Waals surface area contributed by atoms with Crippen molar-refractivity contribution in [1.82, 2.24) is 10.3 Å². The van der Waals surface area contributed by atoms with Crippen molar-refractivity contribution in [1.29, 1.82) is 0 Å². The van der Waals surface area contributed by atoms with Crippen molar-refractivity contribution in [3.05, 3.63) is 17.8 Å². The van der Waals surface area contributed by atoms with Crippen LogP contribution in [0, 0.1) is 0 Å². The van der Waals surface area contributed by atoms with Gasteiger partial charge in [-0.25, -0.2) is 9.78 Å².